The van der Waals surface area contributed by atoms with E-state index in [1.807, 2.05) is 4.72 Å². The zero-order valence-electron chi connectivity index (χ0n) is 12.7. The maximum absolute atomic E-state index is 12.3. The van der Waals surface area contributed by atoms with E-state index in [1.54, 1.807) is 0 Å². The molecule has 0 aromatic carbocycles. The Hall–Kier alpha value is -1.98. The Morgan fingerprint density at radius 2 is 1.70 bits per heavy atom. The molecule has 0 fully saturated rings. The summed E-state index contributed by atoms with van der Waals surface area (Å²) in [7, 11) is -2.25. The third kappa shape index (κ3) is 3.86. The van der Waals surface area contributed by atoms with E-state index in [9.17, 15) is 27.9 Å². The maximum atomic E-state index is 12.3. The number of aliphatic carboxylic acids is 1. The minimum absolute atomic E-state index is 0.0650. The largest absolute Gasteiger partial charge is 0.548 e. The predicted molar refractivity (Wildman–Crippen MR) is 76.5 cm³/mol. The van der Waals surface area contributed by atoms with Crippen molar-refractivity contribution in [2.75, 3.05) is 14.2 Å². The Labute approximate surface area is 136 Å². The summed E-state index contributed by atoms with van der Waals surface area (Å²) in [5, 5.41) is 10.7. The lowest BCUT2D eigenvalue weighted by atomic mass is 10.2. The predicted octanol–water partition coefficient (Wildman–Crippen LogP) is -0.954. The van der Waals surface area contributed by atoms with Crippen molar-refractivity contribution in [3.8, 4) is 0 Å². The highest BCUT2D eigenvalue weighted by molar-refractivity contribution is 7.91. The summed E-state index contributed by atoms with van der Waals surface area (Å²) in [5.41, 5.74) is -0.286. The number of hydrogen-bond acceptors (Lipinski definition) is 9. The number of thiophene rings is 1. The third-order valence-electron chi connectivity index (χ3n) is 2.80. The number of rotatable bonds is 6. The molecule has 1 heterocycles. The van der Waals surface area contributed by atoms with E-state index in [-0.39, 0.29) is 16.0 Å². The van der Waals surface area contributed by atoms with Gasteiger partial charge in [0.2, 0.25) is 0 Å². The number of nitrogens with one attached hydrogen (secondary N) is 1. The van der Waals surface area contributed by atoms with Crippen LogP contribution in [0.1, 0.15) is 32.5 Å². The van der Waals surface area contributed by atoms with Gasteiger partial charge in [-0.15, -0.1) is 11.3 Å². The fourth-order valence-electron chi connectivity index (χ4n) is 1.64. The number of carboxylic acid groups (broad SMARTS) is 1. The number of esters is 2. The van der Waals surface area contributed by atoms with Crippen LogP contribution in [0.5, 0.6) is 0 Å². The molecule has 11 heteroatoms. The molecule has 0 spiro atoms. The van der Waals surface area contributed by atoms with Crippen LogP contribution in [0, 0.1) is 6.92 Å². The number of ether oxygens (including phenoxy) is 2. The first-order valence-electron chi connectivity index (χ1n) is 6.10. The lowest BCUT2D eigenvalue weighted by Crippen LogP contribution is -2.45. The van der Waals surface area contributed by atoms with Crippen LogP contribution in [0.2, 0.25) is 0 Å². The van der Waals surface area contributed by atoms with Crippen molar-refractivity contribution in [2.24, 2.45) is 0 Å². The fourth-order valence-corrected chi connectivity index (χ4v) is 4.59. The van der Waals surface area contributed by atoms with Gasteiger partial charge in [0.15, 0.2) is 4.21 Å². The van der Waals surface area contributed by atoms with Gasteiger partial charge in [-0.1, -0.05) is 0 Å². The quantitative estimate of drug-likeness (QED) is 0.637. The Morgan fingerprint density at radius 3 is 2.13 bits per heavy atom. The van der Waals surface area contributed by atoms with Gasteiger partial charge in [0.05, 0.1) is 31.8 Å². The van der Waals surface area contributed by atoms with Gasteiger partial charge in [-0.2, -0.15) is 0 Å². The fraction of sp³-hybridized carbons (Fsp3) is 0.417. The molecule has 1 atom stereocenters. The summed E-state index contributed by atoms with van der Waals surface area (Å²) in [4.78, 5) is 34.1. The molecular weight excluding hydrogens is 350 g/mol. The summed E-state index contributed by atoms with van der Waals surface area (Å²) >= 11 is 0.484. The second kappa shape index (κ2) is 7.06. The first kappa shape index (κ1) is 19.1. The summed E-state index contributed by atoms with van der Waals surface area (Å²) in [6, 6.07) is -1.53. The number of sulfonamides is 1. The van der Waals surface area contributed by atoms with E-state index in [0.29, 0.717) is 11.3 Å². The molecule has 0 unspecified atom stereocenters. The summed E-state index contributed by atoms with van der Waals surface area (Å²) in [6.07, 6.45) is 0. The van der Waals surface area contributed by atoms with Crippen LogP contribution in [0.3, 0.4) is 0 Å². The molecule has 9 nitrogen and oxygen atoms in total. The third-order valence-corrected chi connectivity index (χ3v) is 6.14. The number of carboxylic acids is 1. The lowest BCUT2D eigenvalue weighted by Gasteiger charge is -2.14. The van der Waals surface area contributed by atoms with Crippen molar-refractivity contribution in [1.29, 1.82) is 0 Å². The van der Waals surface area contributed by atoms with E-state index >= 15 is 0 Å². The average Bonchev–Trinajstić information content (AvgIpc) is 2.83. The Morgan fingerprint density at radius 1 is 1.17 bits per heavy atom. The second-order valence-corrected chi connectivity index (χ2v) is 7.29. The Balaban J connectivity index is 3.53. The molecular formula is C12H14NO8S2-. The molecule has 0 aliphatic heterocycles. The van der Waals surface area contributed by atoms with Crippen molar-refractivity contribution in [3.63, 3.8) is 0 Å². The molecule has 1 aromatic heterocycles. The molecule has 0 aliphatic rings. The topological polar surface area (TPSA) is 139 Å². The van der Waals surface area contributed by atoms with E-state index in [2.05, 4.69) is 9.47 Å². The molecule has 1 rings (SSSR count). The summed E-state index contributed by atoms with van der Waals surface area (Å²) in [6.45, 7) is 2.42. The molecule has 0 amide bonds. The van der Waals surface area contributed by atoms with Crippen LogP contribution in [0.4, 0.5) is 0 Å². The zero-order chi connectivity index (χ0) is 17.9. The monoisotopic (exact) mass is 364 g/mol. The van der Waals surface area contributed by atoms with Crippen LogP contribution in [0.25, 0.3) is 0 Å². The first-order chi connectivity index (χ1) is 10.6. The van der Waals surface area contributed by atoms with Crippen LogP contribution in [-0.2, 0) is 24.3 Å². The second-order valence-electron chi connectivity index (χ2n) is 4.36. The minimum atomic E-state index is -4.39. The van der Waals surface area contributed by atoms with Crippen LogP contribution < -0.4 is 9.83 Å². The number of methoxy groups -OCH3 is 2. The highest BCUT2D eigenvalue weighted by atomic mass is 32.2. The van der Waals surface area contributed by atoms with Gasteiger partial charge in [0, 0.05) is 0 Å². The van der Waals surface area contributed by atoms with Gasteiger partial charge < -0.3 is 19.4 Å². The smallest absolute Gasteiger partial charge is 0.348 e. The molecule has 0 radical (unpaired) electrons. The van der Waals surface area contributed by atoms with Gasteiger partial charge in [-0.25, -0.2) is 22.7 Å². The van der Waals surface area contributed by atoms with Gasteiger partial charge >= 0.3 is 11.9 Å². The highest BCUT2D eigenvalue weighted by Crippen LogP contribution is 2.33. The number of carbonyl (C=O) groups excluding carboxylic acids is 3. The lowest BCUT2D eigenvalue weighted by molar-refractivity contribution is -0.307. The van der Waals surface area contributed by atoms with Gasteiger partial charge in [-0.05, 0) is 19.4 Å². The van der Waals surface area contributed by atoms with Gasteiger partial charge in [-0.3, -0.25) is 0 Å². The van der Waals surface area contributed by atoms with Crippen molar-refractivity contribution < 1.29 is 37.4 Å². The number of hydrogen-bond donors (Lipinski definition) is 1. The van der Waals surface area contributed by atoms with E-state index in [4.69, 9.17) is 0 Å². The average molecular weight is 364 g/mol. The van der Waals surface area contributed by atoms with Gasteiger partial charge in [0.1, 0.15) is 4.88 Å². The normalized spacial score (nSPS) is 12.5. The van der Waals surface area contributed by atoms with E-state index in [1.165, 1.54) is 6.92 Å². The molecule has 0 saturated carbocycles. The van der Waals surface area contributed by atoms with Crippen molar-refractivity contribution >= 4 is 39.3 Å². The first-order valence-corrected chi connectivity index (χ1v) is 8.40. The van der Waals surface area contributed by atoms with E-state index < -0.39 is 38.2 Å². The molecule has 128 valence electrons. The van der Waals surface area contributed by atoms with Gasteiger partial charge in [0.25, 0.3) is 10.0 Å². The van der Waals surface area contributed by atoms with Crippen molar-refractivity contribution in [1.82, 2.24) is 4.72 Å². The zero-order valence-corrected chi connectivity index (χ0v) is 14.3. The molecule has 1 aromatic rings. The van der Waals surface area contributed by atoms with Crippen LogP contribution in [0.15, 0.2) is 4.21 Å². The number of carbonyl (C=O) groups is 3. The maximum Gasteiger partial charge on any atom is 0.348 e. The summed E-state index contributed by atoms with van der Waals surface area (Å²) < 4.78 is 35.0. The highest BCUT2D eigenvalue weighted by Gasteiger charge is 2.33. The van der Waals surface area contributed by atoms with Crippen LogP contribution in [-0.4, -0.2) is 46.6 Å². The summed E-state index contributed by atoms with van der Waals surface area (Å²) in [5.74, 6) is -3.45. The molecule has 23 heavy (non-hydrogen) atoms. The van der Waals surface area contributed by atoms with Crippen LogP contribution >= 0.6 is 11.3 Å². The standard InChI is InChI=1S/C12H15NO8S2/c1-5-7(10(16)20-3)12(22-8(5)11(17)21-4)23(18,19)13-6(2)9(14)15/h6,13H,1-4H3,(H,14,15)/p-1/t6-/m0/s1. The van der Waals surface area contributed by atoms with E-state index in [0.717, 1.165) is 21.1 Å². The molecule has 0 saturated heterocycles. The molecule has 0 aliphatic carbocycles. The SMILES string of the molecule is COC(=O)c1sc(S(=O)(=O)N[C@@H](C)C(=O)[O-])c(C(=O)OC)c1C. The van der Waals surface area contributed by atoms with Crippen molar-refractivity contribution in [3.05, 3.63) is 16.0 Å². The minimum Gasteiger partial charge on any atom is -0.548 e. The Bertz CT molecular complexity index is 749. The molecule has 1 N–H and O–H groups in total. The van der Waals surface area contributed by atoms with Crippen molar-refractivity contribution in [2.45, 2.75) is 24.1 Å². The Kier molecular flexibility index (Phi) is 5.86. The molecule has 0 bridgehead atoms.